The Morgan fingerprint density at radius 2 is 1.88 bits per heavy atom. The number of benzene rings is 1. The lowest BCUT2D eigenvalue weighted by Crippen LogP contribution is -2.14. The number of aromatic nitrogens is 2. The van der Waals surface area contributed by atoms with Gasteiger partial charge >= 0.3 is 0 Å². The minimum Gasteiger partial charge on any atom is -0.497 e. The number of nitrogens with one attached hydrogen (secondary N) is 1. The molecule has 5 nitrogen and oxygen atoms in total. The van der Waals surface area contributed by atoms with Crippen LogP contribution in [0.5, 0.6) is 5.75 Å². The second-order valence-electron chi connectivity index (χ2n) is 5.54. The minimum absolute atomic E-state index is 0.0730. The Balaban J connectivity index is 1.50. The fourth-order valence-electron chi connectivity index (χ4n) is 2.39. The summed E-state index contributed by atoms with van der Waals surface area (Å²) in [5.74, 6) is 0.687. The number of anilines is 1. The van der Waals surface area contributed by atoms with Crippen molar-refractivity contribution in [2.75, 3.05) is 12.4 Å². The molecule has 0 saturated heterocycles. The maximum Gasteiger partial charge on any atom is 0.230 e. The van der Waals surface area contributed by atoms with Crippen LogP contribution in [0.3, 0.4) is 0 Å². The average Bonchev–Trinajstić information content (AvgIpc) is 3.08. The zero-order chi connectivity index (χ0) is 17.5. The van der Waals surface area contributed by atoms with Crippen LogP contribution in [-0.4, -0.2) is 23.0 Å². The minimum atomic E-state index is -0.0730. The van der Waals surface area contributed by atoms with Crippen LogP contribution >= 0.6 is 11.3 Å². The monoisotopic (exact) mass is 353 g/mol. The first kappa shape index (κ1) is 17.1. The van der Waals surface area contributed by atoms with Gasteiger partial charge in [-0.3, -0.25) is 9.78 Å². The van der Waals surface area contributed by atoms with Crippen molar-refractivity contribution in [1.29, 1.82) is 0 Å². The topological polar surface area (TPSA) is 64.1 Å². The van der Waals surface area contributed by atoms with Gasteiger partial charge in [0.1, 0.15) is 5.75 Å². The molecule has 0 aliphatic heterocycles. The van der Waals surface area contributed by atoms with Gasteiger partial charge in [-0.05, 0) is 48.4 Å². The molecule has 0 unspecified atom stereocenters. The molecule has 0 saturated carbocycles. The van der Waals surface area contributed by atoms with Gasteiger partial charge in [-0.1, -0.05) is 0 Å². The maximum atomic E-state index is 12.1. The molecule has 0 fully saturated rings. The van der Waals surface area contributed by atoms with Crippen LogP contribution in [0.2, 0.25) is 0 Å². The van der Waals surface area contributed by atoms with Crippen molar-refractivity contribution in [3.05, 3.63) is 70.4 Å². The predicted octanol–water partition coefficient (Wildman–Crippen LogP) is 3.51. The molecular formula is C19H19N3O2S. The summed E-state index contributed by atoms with van der Waals surface area (Å²) in [6.07, 6.45) is 5.66. The van der Waals surface area contributed by atoms with Crippen LogP contribution in [0.25, 0.3) is 0 Å². The number of thiazole rings is 1. The first-order valence-electron chi connectivity index (χ1n) is 7.99. The van der Waals surface area contributed by atoms with Crippen LogP contribution in [0.15, 0.2) is 54.2 Å². The Morgan fingerprint density at radius 1 is 1.12 bits per heavy atom. The molecule has 3 rings (SSSR count). The predicted molar refractivity (Wildman–Crippen MR) is 99.1 cm³/mol. The Hall–Kier alpha value is -2.73. The van der Waals surface area contributed by atoms with Gasteiger partial charge in [0.2, 0.25) is 5.91 Å². The van der Waals surface area contributed by atoms with Crippen LogP contribution in [-0.2, 0) is 24.1 Å². The Kier molecular flexibility index (Phi) is 5.74. The molecule has 3 aromatic rings. The van der Waals surface area contributed by atoms with Gasteiger partial charge in [0.15, 0.2) is 0 Å². The number of aryl methyl sites for hydroxylation is 2. The van der Waals surface area contributed by atoms with Crippen molar-refractivity contribution in [3.8, 4) is 5.75 Å². The highest BCUT2D eigenvalue weighted by atomic mass is 32.1. The quantitative estimate of drug-likeness (QED) is 0.706. The highest BCUT2D eigenvalue weighted by molar-refractivity contribution is 7.09. The molecule has 1 N–H and O–H groups in total. The summed E-state index contributed by atoms with van der Waals surface area (Å²) in [6, 6.07) is 11.3. The van der Waals surface area contributed by atoms with Crippen LogP contribution in [0.1, 0.15) is 16.3 Å². The van der Waals surface area contributed by atoms with Gasteiger partial charge in [0.25, 0.3) is 0 Å². The number of pyridine rings is 1. The standard InChI is InChI=1S/C19H19N3O2S/c1-24-17-5-3-15(4-6-17)21-18(23)12-16-13-25-19(22-16)7-2-14-8-10-20-11-9-14/h3-6,8-11,13H,2,7,12H2,1H3,(H,21,23). The third kappa shape index (κ3) is 5.12. The summed E-state index contributed by atoms with van der Waals surface area (Å²) in [7, 11) is 1.61. The number of rotatable bonds is 7. The molecule has 2 heterocycles. The summed E-state index contributed by atoms with van der Waals surface area (Å²) in [4.78, 5) is 20.7. The Morgan fingerprint density at radius 3 is 2.60 bits per heavy atom. The third-order valence-electron chi connectivity index (χ3n) is 3.69. The number of hydrogen-bond donors (Lipinski definition) is 1. The smallest absolute Gasteiger partial charge is 0.230 e. The highest BCUT2D eigenvalue weighted by Gasteiger charge is 2.08. The van der Waals surface area contributed by atoms with E-state index in [4.69, 9.17) is 4.74 Å². The molecule has 1 amide bonds. The summed E-state index contributed by atoms with van der Waals surface area (Å²) < 4.78 is 5.10. The van der Waals surface area contributed by atoms with E-state index >= 15 is 0 Å². The molecule has 128 valence electrons. The summed E-state index contributed by atoms with van der Waals surface area (Å²) in [5.41, 5.74) is 2.80. The molecular weight excluding hydrogens is 334 g/mol. The van der Waals surface area contributed by atoms with Gasteiger partial charge in [0.05, 0.1) is 24.2 Å². The van der Waals surface area contributed by atoms with E-state index in [0.717, 1.165) is 35.0 Å². The van der Waals surface area contributed by atoms with E-state index in [-0.39, 0.29) is 12.3 Å². The van der Waals surface area contributed by atoms with Gasteiger partial charge in [-0.25, -0.2) is 4.98 Å². The van der Waals surface area contributed by atoms with E-state index in [1.807, 2.05) is 41.8 Å². The molecule has 1 aromatic carbocycles. The number of hydrogen-bond acceptors (Lipinski definition) is 5. The first-order chi connectivity index (χ1) is 12.2. The van der Waals surface area contributed by atoms with Crippen molar-refractivity contribution in [2.24, 2.45) is 0 Å². The van der Waals surface area contributed by atoms with E-state index in [1.165, 1.54) is 5.56 Å². The van der Waals surface area contributed by atoms with E-state index < -0.39 is 0 Å². The molecule has 6 heteroatoms. The van der Waals surface area contributed by atoms with Crippen LogP contribution in [0, 0.1) is 0 Å². The number of carbonyl (C=O) groups is 1. The fourth-order valence-corrected chi connectivity index (χ4v) is 3.19. The summed E-state index contributed by atoms with van der Waals surface area (Å²) in [6.45, 7) is 0. The Labute approximate surface area is 150 Å². The van der Waals surface area contributed by atoms with Crippen molar-refractivity contribution < 1.29 is 9.53 Å². The molecule has 0 radical (unpaired) electrons. The van der Waals surface area contributed by atoms with Gasteiger partial charge in [-0.2, -0.15) is 0 Å². The summed E-state index contributed by atoms with van der Waals surface area (Å²) >= 11 is 1.60. The lowest BCUT2D eigenvalue weighted by molar-refractivity contribution is -0.115. The largest absolute Gasteiger partial charge is 0.497 e. The zero-order valence-corrected chi connectivity index (χ0v) is 14.8. The molecule has 25 heavy (non-hydrogen) atoms. The van der Waals surface area contributed by atoms with E-state index in [1.54, 1.807) is 30.8 Å². The number of amides is 1. The van der Waals surface area contributed by atoms with Crippen molar-refractivity contribution in [3.63, 3.8) is 0 Å². The van der Waals surface area contributed by atoms with Gasteiger partial charge < -0.3 is 10.1 Å². The second kappa shape index (κ2) is 8.39. The normalized spacial score (nSPS) is 10.4. The van der Waals surface area contributed by atoms with Crippen LogP contribution < -0.4 is 10.1 Å². The Bertz CT molecular complexity index is 816. The van der Waals surface area contributed by atoms with Crippen LogP contribution in [0.4, 0.5) is 5.69 Å². The van der Waals surface area contributed by atoms with E-state index in [0.29, 0.717) is 0 Å². The van der Waals surface area contributed by atoms with E-state index in [2.05, 4.69) is 15.3 Å². The van der Waals surface area contributed by atoms with Crippen molar-refractivity contribution in [1.82, 2.24) is 9.97 Å². The number of methoxy groups -OCH3 is 1. The molecule has 0 aliphatic carbocycles. The molecule has 0 spiro atoms. The number of carbonyl (C=O) groups excluding carboxylic acids is 1. The molecule has 0 bridgehead atoms. The average molecular weight is 353 g/mol. The lowest BCUT2D eigenvalue weighted by atomic mass is 10.1. The maximum absolute atomic E-state index is 12.1. The zero-order valence-electron chi connectivity index (χ0n) is 13.9. The van der Waals surface area contributed by atoms with E-state index in [9.17, 15) is 4.79 Å². The fraction of sp³-hybridized carbons (Fsp3) is 0.211. The second-order valence-corrected chi connectivity index (χ2v) is 6.48. The summed E-state index contributed by atoms with van der Waals surface area (Å²) in [5, 5.41) is 5.87. The number of nitrogens with zero attached hydrogens (tertiary/aromatic N) is 2. The molecule has 0 aliphatic rings. The van der Waals surface area contributed by atoms with Crippen molar-refractivity contribution in [2.45, 2.75) is 19.3 Å². The van der Waals surface area contributed by atoms with Gasteiger partial charge in [-0.15, -0.1) is 11.3 Å². The number of ether oxygens (including phenoxy) is 1. The molecule has 0 atom stereocenters. The third-order valence-corrected chi connectivity index (χ3v) is 4.65. The highest BCUT2D eigenvalue weighted by Crippen LogP contribution is 2.16. The first-order valence-corrected chi connectivity index (χ1v) is 8.87. The van der Waals surface area contributed by atoms with Crippen molar-refractivity contribution >= 4 is 22.9 Å². The SMILES string of the molecule is COc1ccc(NC(=O)Cc2csc(CCc3ccncc3)n2)cc1. The van der Waals surface area contributed by atoms with Gasteiger partial charge in [0, 0.05) is 29.9 Å². The molecule has 2 aromatic heterocycles. The lowest BCUT2D eigenvalue weighted by Gasteiger charge is -2.05.